The van der Waals surface area contributed by atoms with Crippen LogP contribution in [0.4, 0.5) is 4.79 Å². The lowest BCUT2D eigenvalue weighted by Gasteiger charge is -2.37. The second-order valence-corrected chi connectivity index (χ2v) is 11.5. The molecule has 1 fully saturated rings. The third-order valence-corrected chi connectivity index (χ3v) is 8.38. The zero-order valence-electron chi connectivity index (χ0n) is 25.6. The minimum Gasteiger partial charge on any atom is -0.462 e. The van der Waals surface area contributed by atoms with Crippen LogP contribution in [0.5, 0.6) is 0 Å². The minimum atomic E-state index is -0.989. The smallest absolute Gasteiger partial charge is 0.408 e. The summed E-state index contributed by atoms with van der Waals surface area (Å²) >= 11 is 0. The van der Waals surface area contributed by atoms with Gasteiger partial charge in [0.05, 0.1) is 24.6 Å². The second-order valence-electron chi connectivity index (χ2n) is 11.5. The van der Waals surface area contributed by atoms with Gasteiger partial charge in [0.2, 0.25) is 11.8 Å². The lowest BCUT2D eigenvalue weighted by molar-refractivity contribution is -0.150. The summed E-state index contributed by atoms with van der Waals surface area (Å²) in [5.74, 6) is -1.66. The van der Waals surface area contributed by atoms with Crippen molar-refractivity contribution in [3.63, 3.8) is 0 Å². The van der Waals surface area contributed by atoms with Crippen LogP contribution in [0.3, 0.4) is 0 Å². The number of aliphatic hydroxyl groups is 1. The summed E-state index contributed by atoms with van der Waals surface area (Å²) in [6.45, 7) is 8.20. The van der Waals surface area contributed by atoms with Gasteiger partial charge in [-0.15, -0.1) is 13.2 Å². The Kier molecular flexibility index (Phi) is 12.3. The maximum Gasteiger partial charge on any atom is 0.408 e. The molecule has 2 N–H and O–H groups in total. The summed E-state index contributed by atoms with van der Waals surface area (Å²) in [6.07, 6.45) is 4.78. The van der Waals surface area contributed by atoms with Crippen LogP contribution in [0.25, 0.3) is 0 Å². The highest BCUT2D eigenvalue weighted by Gasteiger charge is 2.37. The molecule has 45 heavy (non-hydrogen) atoms. The van der Waals surface area contributed by atoms with Gasteiger partial charge in [-0.05, 0) is 48.8 Å². The number of nitrogens with zero attached hydrogens (tertiary/aromatic N) is 2. The molecule has 1 saturated heterocycles. The van der Waals surface area contributed by atoms with E-state index in [1.807, 2.05) is 54.6 Å². The molecule has 4 unspecified atom stereocenters. The molecule has 0 spiro atoms. The zero-order valence-corrected chi connectivity index (χ0v) is 25.6. The third kappa shape index (κ3) is 9.04. The predicted octanol–water partition coefficient (Wildman–Crippen LogP) is 3.92. The molecule has 10 nitrogen and oxygen atoms in total. The van der Waals surface area contributed by atoms with E-state index in [4.69, 9.17) is 9.47 Å². The Morgan fingerprint density at radius 1 is 0.933 bits per heavy atom. The van der Waals surface area contributed by atoms with Crippen LogP contribution in [0.2, 0.25) is 0 Å². The molecule has 0 aliphatic carbocycles. The number of fused-ring (bicyclic) bond motifs is 1. The van der Waals surface area contributed by atoms with Gasteiger partial charge < -0.3 is 29.7 Å². The second kappa shape index (κ2) is 16.6. The molecule has 0 bridgehead atoms. The van der Waals surface area contributed by atoms with Gasteiger partial charge >= 0.3 is 12.1 Å². The van der Waals surface area contributed by atoms with Crippen molar-refractivity contribution in [1.82, 2.24) is 15.1 Å². The number of amides is 3. The molecule has 4 rings (SSSR count). The lowest BCUT2D eigenvalue weighted by Crippen LogP contribution is -2.48. The van der Waals surface area contributed by atoms with Gasteiger partial charge in [0, 0.05) is 19.5 Å². The molecule has 0 saturated carbocycles. The first-order chi connectivity index (χ1) is 21.8. The highest BCUT2D eigenvalue weighted by Crippen LogP contribution is 2.27. The van der Waals surface area contributed by atoms with Crippen LogP contribution in [-0.2, 0) is 43.4 Å². The van der Waals surface area contributed by atoms with Gasteiger partial charge in [-0.25, -0.2) is 9.59 Å². The standard InChI is InChI=1S/C35H43N3O7/c1-3-11-27(20-32(40)38-21-28-16-9-8-15-26(28)19-30(38)22-39)33(41)37-18-10-17-29(37)24-44-34(42)31(12-4-2)36-35(43)45-23-25-13-6-5-7-14-25/h3-9,13-16,27,29-31,39H,1-2,10-12,17-24H2,(H,36,43). The monoisotopic (exact) mass is 617 g/mol. The number of hydrogen-bond acceptors (Lipinski definition) is 7. The number of alkyl carbamates (subject to hydrolysis) is 1. The predicted molar refractivity (Wildman–Crippen MR) is 169 cm³/mol. The van der Waals surface area contributed by atoms with Crippen molar-refractivity contribution in [2.24, 2.45) is 5.92 Å². The number of ether oxygens (including phenoxy) is 2. The Labute approximate surface area is 264 Å². The van der Waals surface area contributed by atoms with Crippen molar-refractivity contribution in [2.45, 2.75) is 69.8 Å². The SMILES string of the molecule is C=CCC(CC(=O)N1Cc2ccccc2CC1CO)C(=O)N1CCCC1COC(=O)C(CC=C)NC(=O)OCc1ccccc1. The third-order valence-electron chi connectivity index (χ3n) is 8.38. The summed E-state index contributed by atoms with van der Waals surface area (Å²) < 4.78 is 10.8. The van der Waals surface area contributed by atoms with E-state index in [-0.39, 0.29) is 56.6 Å². The van der Waals surface area contributed by atoms with Crippen molar-refractivity contribution in [1.29, 1.82) is 0 Å². The number of nitrogens with one attached hydrogen (secondary N) is 1. The van der Waals surface area contributed by atoms with E-state index >= 15 is 0 Å². The largest absolute Gasteiger partial charge is 0.462 e. The highest BCUT2D eigenvalue weighted by molar-refractivity contribution is 5.87. The normalized spacial score (nSPS) is 18.7. The van der Waals surface area contributed by atoms with Crippen LogP contribution in [-0.4, -0.2) is 76.7 Å². The van der Waals surface area contributed by atoms with Gasteiger partial charge in [-0.2, -0.15) is 0 Å². The molecule has 2 aromatic rings. The van der Waals surface area contributed by atoms with E-state index in [2.05, 4.69) is 18.5 Å². The first-order valence-corrected chi connectivity index (χ1v) is 15.5. The van der Waals surface area contributed by atoms with E-state index in [1.165, 1.54) is 6.08 Å². The number of aliphatic hydroxyl groups excluding tert-OH is 1. The topological polar surface area (TPSA) is 125 Å². The molecule has 3 amide bonds. The molecule has 0 aromatic heterocycles. The summed E-state index contributed by atoms with van der Waals surface area (Å²) in [4.78, 5) is 56.0. The fraction of sp³-hybridized carbons (Fsp3) is 0.429. The molecular weight excluding hydrogens is 574 g/mol. The number of likely N-dealkylation sites (tertiary alicyclic amines) is 1. The number of rotatable bonds is 14. The van der Waals surface area contributed by atoms with Crippen molar-refractivity contribution < 1.29 is 33.8 Å². The maximum absolute atomic E-state index is 13.8. The number of allylic oxidation sites excluding steroid dienone is 1. The van der Waals surface area contributed by atoms with Gasteiger partial charge in [-0.1, -0.05) is 66.7 Å². The average molecular weight is 618 g/mol. The Morgan fingerprint density at radius 3 is 2.36 bits per heavy atom. The Bertz CT molecular complexity index is 1350. The first-order valence-electron chi connectivity index (χ1n) is 15.5. The van der Waals surface area contributed by atoms with Crippen molar-refractivity contribution in [2.75, 3.05) is 19.8 Å². The Hall–Kier alpha value is -4.44. The average Bonchev–Trinajstić information content (AvgIpc) is 3.54. The van der Waals surface area contributed by atoms with Gasteiger partial charge in [0.1, 0.15) is 19.3 Å². The molecule has 0 radical (unpaired) electrons. The first kappa shape index (κ1) is 33.5. The molecule has 2 aliphatic heterocycles. The van der Waals surface area contributed by atoms with E-state index in [0.29, 0.717) is 32.4 Å². The van der Waals surface area contributed by atoms with Gasteiger partial charge in [0.15, 0.2) is 0 Å². The fourth-order valence-corrected chi connectivity index (χ4v) is 5.94. The van der Waals surface area contributed by atoms with Crippen molar-refractivity contribution >= 4 is 23.9 Å². The number of carbonyl (C=O) groups is 4. The number of carbonyl (C=O) groups excluding carboxylic acids is 4. The Balaban J connectivity index is 1.33. The minimum absolute atomic E-state index is 0.0110. The van der Waals surface area contributed by atoms with Gasteiger partial charge in [-0.3, -0.25) is 9.59 Å². The van der Waals surface area contributed by atoms with Crippen LogP contribution in [0.1, 0.15) is 48.8 Å². The van der Waals surface area contributed by atoms with Crippen LogP contribution >= 0.6 is 0 Å². The zero-order chi connectivity index (χ0) is 32.2. The van der Waals surface area contributed by atoms with Crippen molar-refractivity contribution in [3.05, 3.63) is 96.6 Å². The summed E-state index contributed by atoms with van der Waals surface area (Å²) in [5.41, 5.74) is 2.97. The van der Waals surface area contributed by atoms with Crippen LogP contribution < -0.4 is 5.32 Å². The molecule has 2 aromatic carbocycles. The summed E-state index contributed by atoms with van der Waals surface area (Å²) in [7, 11) is 0. The number of benzene rings is 2. The molecule has 4 atom stereocenters. The molecular formula is C35H43N3O7. The molecule has 2 heterocycles. The van der Waals surface area contributed by atoms with E-state index in [1.54, 1.807) is 15.9 Å². The van der Waals surface area contributed by atoms with Crippen molar-refractivity contribution in [3.8, 4) is 0 Å². The maximum atomic E-state index is 13.8. The van der Waals surface area contributed by atoms with Crippen LogP contribution in [0, 0.1) is 5.92 Å². The molecule has 2 aliphatic rings. The molecule has 10 heteroatoms. The summed E-state index contributed by atoms with van der Waals surface area (Å²) in [6, 6.07) is 15.4. The fourth-order valence-electron chi connectivity index (χ4n) is 5.94. The lowest BCUT2D eigenvalue weighted by atomic mass is 9.92. The van der Waals surface area contributed by atoms with E-state index in [0.717, 1.165) is 23.1 Å². The van der Waals surface area contributed by atoms with E-state index in [9.17, 15) is 24.3 Å². The molecule has 240 valence electrons. The Morgan fingerprint density at radius 2 is 1.64 bits per heavy atom. The number of esters is 1. The van der Waals surface area contributed by atoms with E-state index < -0.39 is 24.0 Å². The summed E-state index contributed by atoms with van der Waals surface area (Å²) in [5, 5.41) is 12.6. The highest BCUT2D eigenvalue weighted by atomic mass is 16.6. The van der Waals surface area contributed by atoms with Crippen LogP contribution in [0.15, 0.2) is 79.9 Å². The number of hydrogen-bond donors (Lipinski definition) is 2. The quantitative estimate of drug-likeness (QED) is 0.243. The van der Waals surface area contributed by atoms with Gasteiger partial charge in [0.25, 0.3) is 0 Å².